The van der Waals surface area contributed by atoms with E-state index in [1.807, 2.05) is 11.9 Å². The van der Waals surface area contributed by atoms with E-state index >= 15 is 0 Å². The maximum Gasteiger partial charge on any atom is 0.0702 e. The van der Waals surface area contributed by atoms with Crippen molar-refractivity contribution in [2.24, 2.45) is 0 Å². The molecule has 9 heavy (non-hydrogen) atoms. The Bertz CT molecular complexity index is 62.1. The van der Waals surface area contributed by atoms with Crippen LogP contribution in [-0.2, 0) is 0 Å². The van der Waals surface area contributed by atoms with E-state index in [4.69, 9.17) is 5.11 Å². The van der Waals surface area contributed by atoms with Crippen LogP contribution < -0.4 is 5.32 Å². The van der Waals surface area contributed by atoms with Gasteiger partial charge in [-0.2, -0.15) is 0 Å². The molecule has 2 nitrogen and oxygen atoms in total. The zero-order chi connectivity index (χ0) is 7.28. The van der Waals surface area contributed by atoms with Crippen LogP contribution in [0.3, 0.4) is 0 Å². The van der Waals surface area contributed by atoms with E-state index in [1.165, 1.54) is 0 Å². The largest absolute Gasteiger partial charge is 0.391 e. The van der Waals surface area contributed by atoms with E-state index in [2.05, 4.69) is 27.9 Å². The standard InChI is InChI=1S/C5H11NO.CH3I/c1-4-5(7)2-3-6-4;1-2/h4-7H,2-3H2,1H3;1H3/t4-,5+;/m1./s1. The van der Waals surface area contributed by atoms with Gasteiger partial charge < -0.3 is 10.4 Å². The number of hydrogen-bond acceptors (Lipinski definition) is 2. The smallest absolute Gasteiger partial charge is 0.0702 e. The van der Waals surface area contributed by atoms with Crippen molar-refractivity contribution in [3.05, 3.63) is 0 Å². The average Bonchev–Trinajstić information content (AvgIpc) is 2.23. The number of nitrogens with one attached hydrogen (secondary N) is 1. The molecular weight excluding hydrogens is 229 g/mol. The van der Waals surface area contributed by atoms with Gasteiger partial charge in [0, 0.05) is 6.04 Å². The Balaban J connectivity index is 0.000000291. The molecule has 0 aromatic carbocycles. The van der Waals surface area contributed by atoms with Crippen LogP contribution in [0.4, 0.5) is 0 Å². The first-order valence-corrected chi connectivity index (χ1v) is 5.25. The molecule has 1 saturated heterocycles. The van der Waals surface area contributed by atoms with E-state index in [0.29, 0.717) is 6.04 Å². The number of alkyl halides is 1. The van der Waals surface area contributed by atoms with Crippen LogP contribution in [0.25, 0.3) is 0 Å². The van der Waals surface area contributed by atoms with E-state index in [9.17, 15) is 0 Å². The van der Waals surface area contributed by atoms with Gasteiger partial charge in [0.05, 0.1) is 6.10 Å². The average molecular weight is 243 g/mol. The van der Waals surface area contributed by atoms with Crippen molar-refractivity contribution in [3.63, 3.8) is 0 Å². The molecule has 1 aliphatic rings. The molecule has 1 heterocycles. The highest BCUT2D eigenvalue weighted by atomic mass is 127. The zero-order valence-electron chi connectivity index (χ0n) is 5.89. The minimum Gasteiger partial charge on any atom is -0.391 e. The molecule has 2 N–H and O–H groups in total. The Hall–Kier alpha value is 0.650. The second-order valence-corrected chi connectivity index (χ2v) is 2.10. The summed E-state index contributed by atoms with van der Waals surface area (Å²) >= 11 is 2.15. The summed E-state index contributed by atoms with van der Waals surface area (Å²) in [5.74, 6) is 0. The first-order chi connectivity index (χ1) is 4.30. The van der Waals surface area contributed by atoms with Crippen molar-refractivity contribution in [2.45, 2.75) is 25.5 Å². The molecule has 1 fully saturated rings. The lowest BCUT2D eigenvalue weighted by molar-refractivity contribution is 0.166. The normalized spacial score (nSPS) is 33.3. The molecule has 0 spiro atoms. The van der Waals surface area contributed by atoms with Gasteiger partial charge in [0.1, 0.15) is 0 Å². The Kier molecular flexibility index (Phi) is 5.83. The van der Waals surface area contributed by atoms with Gasteiger partial charge in [-0.1, -0.05) is 22.6 Å². The molecule has 1 rings (SSSR count). The van der Waals surface area contributed by atoms with Crippen molar-refractivity contribution in [3.8, 4) is 0 Å². The quantitative estimate of drug-likeness (QED) is 0.486. The van der Waals surface area contributed by atoms with Crippen LogP contribution in [-0.4, -0.2) is 28.7 Å². The number of rotatable bonds is 0. The Morgan fingerprint density at radius 1 is 1.56 bits per heavy atom. The van der Waals surface area contributed by atoms with Crippen LogP contribution in [0.2, 0.25) is 0 Å². The Morgan fingerprint density at radius 2 is 2.11 bits per heavy atom. The number of halogens is 1. The number of aliphatic hydroxyl groups excluding tert-OH is 1. The van der Waals surface area contributed by atoms with E-state index in [1.54, 1.807) is 0 Å². The lowest BCUT2D eigenvalue weighted by Gasteiger charge is -2.04. The zero-order valence-corrected chi connectivity index (χ0v) is 8.05. The summed E-state index contributed by atoms with van der Waals surface area (Å²) in [7, 11) is 0. The first kappa shape index (κ1) is 9.65. The molecule has 0 saturated carbocycles. The molecule has 56 valence electrons. The molecule has 0 aromatic heterocycles. The van der Waals surface area contributed by atoms with Gasteiger partial charge in [0.15, 0.2) is 0 Å². The van der Waals surface area contributed by atoms with E-state index < -0.39 is 0 Å². The topological polar surface area (TPSA) is 32.3 Å². The summed E-state index contributed by atoms with van der Waals surface area (Å²) in [5.41, 5.74) is 0. The van der Waals surface area contributed by atoms with Gasteiger partial charge in [0.2, 0.25) is 0 Å². The number of aliphatic hydroxyl groups is 1. The lowest BCUT2D eigenvalue weighted by atomic mass is 10.2. The molecule has 0 amide bonds. The first-order valence-electron chi connectivity index (χ1n) is 3.10. The van der Waals surface area contributed by atoms with Gasteiger partial charge >= 0.3 is 0 Å². The third kappa shape index (κ3) is 3.37. The molecule has 3 heteroatoms. The summed E-state index contributed by atoms with van der Waals surface area (Å²) in [6, 6.07) is 0.319. The minimum atomic E-state index is -0.0972. The summed E-state index contributed by atoms with van der Waals surface area (Å²) in [4.78, 5) is 1.97. The second-order valence-electron chi connectivity index (χ2n) is 2.10. The second kappa shape index (κ2) is 5.44. The molecule has 1 aliphatic heterocycles. The highest BCUT2D eigenvalue weighted by Crippen LogP contribution is 2.03. The predicted octanol–water partition coefficient (Wildman–Crippen LogP) is 0.780. The van der Waals surface area contributed by atoms with Crippen molar-refractivity contribution in [1.82, 2.24) is 5.32 Å². The SMILES string of the molecule is CI.C[C@H]1NCC[C@@H]1O. The Morgan fingerprint density at radius 3 is 2.22 bits per heavy atom. The molecule has 0 radical (unpaired) electrons. The van der Waals surface area contributed by atoms with E-state index in [-0.39, 0.29) is 6.10 Å². The molecule has 2 atom stereocenters. The summed E-state index contributed by atoms with van der Waals surface area (Å²) in [6.45, 7) is 2.97. The summed E-state index contributed by atoms with van der Waals surface area (Å²) in [6.07, 6.45) is 0.821. The van der Waals surface area contributed by atoms with Gasteiger partial charge in [-0.3, -0.25) is 0 Å². The van der Waals surface area contributed by atoms with Crippen molar-refractivity contribution >= 4 is 22.6 Å². The van der Waals surface area contributed by atoms with Gasteiger partial charge in [0.25, 0.3) is 0 Å². The van der Waals surface area contributed by atoms with Crippen LogP contribution in [0, 0.1) is 0 Å². The lowest BCUT2D eigenvalue weighted by Crippen LogP contribution is -2.25. The monoisotopic (exact) mass is 243 g/mol. The Labute approximate surface area is 70.2 Å². The molecule has 0 aromatic rings. The predicted molar refractivity (Wildman–Crippen MR) is 48.0 cm³/mol. The maximum atomic E-state index is 8.94. The van der Waals surface area contributed by atoms with Gasteiger partial charge in [-0.25, -0.2) is 0 Å². The fourth-order valence-corrected chi connectivity index (χ4v) is 0.845. The van der Waals surface area contributed by atoms with Crippen LogP contribution in [0.1, 0.15) is 13.3 Å². The van der Waals surface area contributed by atoms with Gasteiger partial charge in [-0.15, -0.1) is 0 Å². The molecule has 0 unspecified atom stereocenters. The molecule has 0 aliphatic carbocycles. The number of hydrogen-bond donors (Lipinski definition) is 2. The maximum absolute atomic E-state index is 8.94. The fraction of sp³-hybridized carbons (Fsp3) is 1.00. The fourth-order valence-electron chi connectivity index (χ4n) is 0.845. The molecular formula is C6H14INO. The third-order valence-corrected chi connectivity index (χ3v) is 1.48. The van der Waals surface area contributed by atoms with Crippen molar-refractivity contribution in [2.75, 3.05) is 11.5 Å². The highest BCUT2D eigenvalue weighted by molar-refractivity contribution is 14.1. The van der Waals surface area contributed by atoms with Crippen LogP contribution in [0.5, 0.6) is 0 Å². The van der Waals surface area contributed by atoms with Crippen LogP contribution >= 0.6 is 22.6 Å². The minimum absolute atomic E-state index is 0.0972. The summed E-state index contributed by atoms with van der Waals surface area (Å²) < 4.78 is 0. The highest BCUT2D eigenvalue weighted by Gasteiger charge is 2.18. The summed E-state index contributed by atoms with van der Waals surface area (Å²) in [5, 5.41) is 12.1. The van der Waals surface area contributed by atoms with Crippen LogP contribution in [0.15, 0.2) is 0 Å². The third-order valence-electron chi connectivity index (χ3n) is 1.48. The molecule has 0 bridgehead atoms. The van der Waals surface area contributed by atoms with Crippen molar-refractivity contribution in [1.29, 1.82) is 0 Å². The van der Waals surface area contributed by atoms with E-state index in [0.717, 1.165) is 13.0 Å². The van der Waals surface area contributed by atoms with Crippen molar-refractivity contribution < 1.29 is 5.11 Å². The van der Waals surface area contributed by atoms with Gasteiger partial charge in [-0.05, 0) is 24.8 Å².